The van der Waals surface area contributed by atoms with E-state index in [-0.39, 0.29) is 0 Å². The van der Waals surface area contributed by atoms with Crippen LogP contribution in [-0.2, 0) is 4.79 Å². The van der Waals surface area contributed by atoms with Crippen molar-refractivity contribution in [3.8, 4) is 5.75 Å². The van der Waals surface area contributed by atoms with Gasteiger partial charge in [-0.05, 0) is 15.9 Å². The van der Waals surface area contributed by atoms with E-state index in [0.29, 0.717) is 26.8 Å². The number of pyridine rings is 1. The highest BCUT2D eigenvalue weighted by molar-refractivity contribution is 9.10. The number of hydrogen-bond donors (Lipinski definition) is 1. The van der Waals surface area contributed by atoms with Crippen molar-refractivity contribution in [2.45, 2.75) is 6.92 Å². The highest BCUT2D eigenvalue weighted by atomic mass is 79.9. The molecule has 5 nitrogen and oxygen atoms in total. The molecule has 2 aromatic rings. The minimum atomic E-state index is -0.548. The lowest BCUT2D eigenvalue weighted by atomic mass is 10.1. The van der Waals surface area contributed by atoms with Crippen molar-refractivity contribution in [2.24, 2.45) is 0 Å². The smallest absolute Gasteiger partial charge is 0.230 e. The third-order valence-corrected chi connectivity index (χ3v) is 3.01. The van der Waals surface area contributed by atoms with Gasteiger partial charge in [0.15, 0.2) is 5.78 Å². The Hall–Kier alpha value is -1.69. The number of halogens is 1. The second-order valence-electron chi connectivity index (χ2n) is 3.46. The van der Waals surface area contributed by atoms with Gasteiger partial charge in [0.1, 0.15) is 10.4 Å². The molecule has 17 heavy (non-hydrogen) atoms. The van der Waals surface area contributed by atoms with E-state index in [1.54, 1.807) is 0 Å². The van der Waals surface area contributed by atoms with Crippen molar-refractivity contribution < 1.29 is 14.3 Å². The van der Waals surface area contributed by atoms with Gasteiger partial charge in [0.2, 0.25) is 5.78 Å². The minimum absolute atomic E-state index is 0.299. The lowest BCUT2D eigenvalue weighted by Gasteiger charge is -2.03. The standard InChI is InChI=1S/C11H9BrN2O3/c1-5(15)10(16)6-3-13-9-8(6)7(17-2)4-14-11(9)12/h3-4,13H,1-2H3. The van der Waals surface area contributed by atoms with Crippen LogP contribution in [0.2, 0.25) is 0 Å². The van der Waals surface area contributed by atoms with E-state index in [1.807, 2.05) is 0 Å². The van der Waals surface area contributed by atoms with E-state index in [4.69, 9.17) is 4.74 Å². The molecule has 2 rings (SSSR count). The number of H-pyrrole nitrogens is 1. The lowest BCUT2D eigenvalue weighted by molar-refractivity contribution is -0.113. The molecule has 0 unspecified atom stereocenters. The Morgan fingerprint density at radius 3 is 2.76 bits per heavy atom. The number of carbonyl (C=O) groups excluding carboxylic acids is 2. The number of nitrogens with zero attached hydrogens (tertiary/aromatic N) is 1. The monoisotopic (exact) mass is 296 g/mol. The maximum Gasteiger partial charge on any atom is 0.230 e. The Bertz CT molecular complexity index is 618. The molecule has 88 valence electrons. The molecule has 0 amide bonds. The topological polar surface area (TPSA) is 72.0 Å². The number of ketones is 2. The van der Waals surface area contributed by atoms with Crippen molar-refractivity contribution in [1.82, 2.24) is 9.97 Å². The third kappa shape index (κ3) is 1.84. The number of aromatic nitrogens is 2. The first kappa shape index (κ1) is 11.8. The van der Waals surface area contributed by atoms with E-state index in [9.17, 15) is 9.59 Å². The molecule has 0 bridgehead atoms. The Labute approximate surface area is 105 Å². The van der Waals surface area contributed by atoms with E-state index in [1.165, 1.54) is 26.4 Å². The van der Waals surface area contributed by atoms with Crippen LogP contribution in [0.4, 0.5) is 0 Å². The van der Waals surface area contributed by atoms with Gasteiger partial charge < -0.3 is 9.72 Å². The summed E-state index contributed by atoms with van der Waals surface area (Å²) in [7, 11) is 1.49. The molecular formula is C11H9BrN2O3. The maximum absolute atomic E-state index is 11.7. The molecule has 0 aliphatic carbocycles. The van der Waals surface area contributed by atoms with Crippen LogP contribution < -0.4 is 4.74 Å². The number of rotatable bonds is 3. The summed E-state index contributed by atoms with van der Waals surface area (Å²) in [5.41, 5.74) is 0.932. The zero-order chi connectivity index (χ0) is 12.6. The van der Waals surface area contributed by atoms with Crippen LogP contribution in [0.25, 0.3) is 10.9 Å². The Morgan fingerprint density at radius 1 is 1.47 bits per heavy atom. The summed E-state index contributed by atoms with van der Waals surface area (Å²) in [5.74, 6) is -0.609. The zero-order valence-corrected chi connectivity index (χ0v) is 10.8. The SMILES string of the molecule is COc1cnc(Br)c2[nH]cc(C(=O)C(C)=O)c12. The molecule has 0 atom stereocenters. The van der Waals surface area contributed by atoms with Crippen molar-refractivity contribution in [3.63, 3.8) is 0 Å². The van der Waals surface area contributed by atoms with Crippen LogP contribution in [0.15, 0.2) is 17.0 Å². The minimum Gasteiger partial charge on any atom is -0.494 e. The molecule has 6 heteroatoms. The highest BCUT2D eigenvalue weighted by Crippen LogP contribution is 2.32. The van der Waals surface area contributed by atoms with E-state index in [2.05, 4.69) is 25.9 Å². The highest BCUT2D eigenvalue weighted by Gasteiger charge is 2.20. The molecule has 0 spiro atoms. The third-order valence-electron chi connectivity index (χ3n) is 2.41. The summed E-state index contributed by atoms with van der Waals surface area (Å²) in [6.45, 7) is 1.24. The summed E-state index contributed by atoms with van der Waals surface area (Å²) in [5, 5.41) is 0.564. The molecule has 0 saturated heterocycles. The Morgan fingerprint density at radius 2 is 2.18 bits per heavy atom. The molecule has 0 aliphatic heterocycles. The largest absolute Gasteiger partial charge is 0.494 e. The number of carbonyl (C=O) groups is 2. The molecule has 0 saturated carbocycles. The van der Waals surface area contributed by atoms with E-state index in [0.717, 1.165) is 0 Å². The van der Waals surface area contributed by atoms with Crippen molar-refractivity contribution in [3.05, 3.63) is 22.6 Å². The second kappa shape index (κ2) is 4.29. The number of nitrogens with one attached hydrogen (secondary N) is 1. The summed E-state index contributed by atoms with van der Waals surface area (Å²) in [6, 6.07) is 0. The molecular weight excluding hydrogens is 288 g/mol. The maximum atomic E-state index is 11.7. The van der Waals surface area contributed by atoms with Gasteiger partial charge >= 0.3 is 0 Å². The average molecular weight is 297 g/mol. The zero-order valence-electron chi connectivity index (χ0n) is 9.20. The second-order valence-corrected chi connectivity index (χ2v) is 4.21. The number of hydrogen-bond acceptors (Lipinski definition) is 4. The first-order chi connectivity index (χ1) is 8.06. The molecule has 1 N–H and O–H groups in total. The normalized spacial score (nSPS) is 10.5. The van der Waals surface area contributed by atoms with E-state index < -0.39 is 11.6 Å². The van der Waals surface area contributed by atoms with Gasteiger partial charge in [0, 0.05) is 13.1 Å². The van der Waals surface area contributed by atoms with Crippen LogP contribution in [0.5, 0.6) is 5.75 Å². The summed E-state index contributed by atoms with van der Waals surface area (Å²) < 4.78 is 5.71. The summed E-state index contributed by atoms with van der Waals surface area (Å²) >= 11 is 3.27. The number of Topliss-reactive ketones (excluding diaryl/α,β-unsaturated/α-hetero) is 2. The average Bonchev–Trinajstić information content (AvgIpc) is 2.74. The first-order valence-electron chi connectivity index (χ1n) is 4.81. The van der Waals surface area contributed by atoms with Gasteiger partial charge in [0.25, 0.3) is 0 Å². The van der Waals surface area contributed by atoms with E-state index >= 15 is 0 Å². The quantitative estimate of drug-likeness (QED) is 0.535. The Kier molecular flexibility index (Phi) is 2.97. The fourth-order valence-electron chi connectivity index (χ4n) is 1.61. The molecule has 0 fully saturated rings. The van der Waals surface area contributed by atoms with Gasteiger partial charge in [-0.25, -0.2) is 4.98 Å². The molecule has 0 aromatic carbocycles. The number of methoxy groups -OCH3 is 1. The molecule has 0 radical (unpaired) electrons. The van der Waals surface area contributed by atoms with Gasteiger partial charge in [-0.15, -0.1) is 0 Å². The van der Waals surface area contributed by atoms with Gasteiger partial charge in [0.05, 0.1) is 29.8 Å². The van der Waals surface area contributed by atoms with Gasteiger partial charge in [-0.2, -0.15) is 0 Å². The van der Waals surface area contributed by atoms with Crippen molar-refractivity contribution >= 4 is 38.4 Å². The number of ether oxygens (including phenoxy) is 1. The molecule has 0 aliphatic rings. The van der Waals surface area contributed by atoms with Crippen molar-refractivity contribution in [1.29, 1.82) is 0 Å². The number of fused-ring (bicyclic) bond motifs is 1. The summed E-state index contributed by atoms with van der Waals surface area (Å²) in [4.78, 5) is 29.8. The van der Waals surface area contributed by atoms with Crippen LogP contribution in [0, 0.1) is 0 Å². The van der Waals surface area contributed by atoms with Gasteiger partial charge in [-0.3, -0.25) is 9.59 Å². The van der Waals surface area contributed by atoms with Crippen molar-refractivity contribution in [2.75, 3.05) is 7.11 Å². The predicted molar refractivity (Wildman–Crippen MR) is 65.4 cm³/mol. The lowest BCUT2D eigenvalue weighted by Crippen LogP contribution is -2.09. The van der Waals surface area contributed by atoms with Crippen LogP contribution in [0.1, 0.15) is 17.3 Å². The molecule has 2 heterocycles. The fraction of sp³-hybridized carbons (Fsp3) is 0.182. The van der Waals surface area contributed by atoms with Gasteiger partial charge in [-0.1, -0.05) is 0 Å². The Balaban J connectivity index is 2.78. The first-order valence-corrected chi connectivity index (χ1v) is 5.60. The fourth-order valence-corrected chi connectivity index (χ4v) is 2.02. The van der Waals surface area contributed by atoms with Crippen LogP contribution in [0.3, 0.4) is 0 Å². The van der Waals surface area contributed by atoms with Crippen LogP contribution >= 0.6 is 15.9 Å². The van der Waals surface area contributed by atoms with Crippen LogP contribution in [-0.4, -0.2) is 28.6 Å². The molecule has 2 aromatic heterocycles. The summed E-state index contributed by atoms with van der Waals surface area (Å²) in [6.07, 6.45) is 2.99. The predicted octanol–water partition coefficient (Wildman–Crippen LogP) is 2.11. The number of aromatic amines is 1.